The lowest BCUT2D eigenvalue weighted by Crippen LogP contribution is -1.89. The zero-order valence-electron chi connectivity index (χ0n) is 8.31. The number of nitrogens with zero attached hydrogens (tertiary/aromatic N) is 1. The molecule has 78 valence electrons. The fourth-order valence-corrected chi connectivity index (χ4v) is 1.90. The Balaban J connectivity index is 2.34. The van der Waals surface area contributed by atoms with Crippen LogP contribution in [0.2, 0.25) is 0 Å². The van der Waals surface area contributed by atoms with E-state index in [0.29, 0.717) is 16.2 Å². The van der Waals surface area contributed by atoms with Gasteiger partial charge >= 0.3 is 0 Å². The number of hydrogen-bond acceptors (Lipinski definition) is 3. The largest absolute Gasteiger partial charge is 0.461 e. The van der Waals surface area contributed by atoms with Crippen molar-refractivity contribution in [1.82, 2.24) is 9.97 Å². The Hall–Kier alpha value is -1.94. The minimum absolute atomic E-state index is 0.584. The number of hydrogen-bond donors (Lipinski definition) is 1. The standard InChI is InChI=1S/C12H8N2OS/c16-12-8-4-1-2-5-9(8)13-11(14-12)10-6-3-7-15-10/h1-7H,(H,13,14,16). The Morgan fingerprint density at radius 3 is 2.81 bits per heavy atom. The highest BCUT2D eigenvalue weighted by Crippen LogP contribution is 2.19. The summed E-state index contributed by atoms with van der Waals surface area (Å²) >= 11 is 5.24. The van der Waals surface area contributed by atoms with E-state index in [1.807, 2.05) is 36.4 Å². The second kappa shape index (κ2) is 3.57. The molecule has 0 aliphatic rings. The van der Waals surface area contributed by atoms with E-state index in [1.165, 1.54) is 0 Å². The van der Waals surface area contributed by atoms with Crippen molar-refractivity contribution in [2.24, 2.45) is 0 Å². The average molecular weight is 228 g/mol. The third kappa shape index (κ3) is 1.44. The molecule has 0 aliphatic heterocycles. The molecular weight excluding hydrogens is 220 g/mol. The van der Waals surface area contributed by atoms with Crippen molar-refractivity contribution < 1.29 is 4.42 Å². The molecule has 0 bridgehead atoms. The zero-order valence-corrected chi connectivity index (χ0v) is 9.12. The van der Waals surface area contributed by atoms with E-state index in [1.54, 1.807) is 6.26 Å². The first-order valence-corrected chi connectivity index (χ1v) is 5.28. The van der Waals surface area contributed by atoms with Gasteiger partial charge < -0.3 is 9.40 Å². The molecule has 0 fully saturated rings. The number of aromatic amines is 1. The van der Waals surface area contributed by atoms with Gasteiger partial charge in [0.25, 0.3) is 0 Å². The van der Waals surface area contributed by atoms with E-state index in [-0.39, 0.29) is 0 Å². The summed E-state index contributed by atoms with van der Waals surface area (Å²) in [5, 5.41) is 0.952. The molecule has 4 heteroatoms. The molecule has 0 spiro atoms. The first kappa shape index (κ1) is 9.30. The quantitative estimate of drug-likeness (QED) is 0.647. The molecule has 0 atom stereocenters. The van der Waals surface area contributed by atoms with Crippen LogP contribution in [0.25, 0.3) is 22.5 Å². The van der Waals surface area contributed by atoms with Crippen molar-refractivity contribution in [3.63, 3.8) is 0 Å². The topological polar surface area (TPSA) is 41.8 Å². The Labute approximate surface area is 96.8 Å². The summed E-state index contributed by atoms with van der Waals surface area (Å²) in [6, 6.07) is 11.5. The van der Waals surface area contributed by atoms with Gasteiger partial charge in [0.2, 0.25) is 0 Å². The maximum Gasteiger partial charge on any atom is 0.175 e. The van der Waals surface area contributed by atoms with Crippen LogP contribution in [0.15, 0.2) is 47.1 Å². The Bertz CT molecular complexity index is 686. The van der Waals surface area contributed by atoms with Crippen molar-refractivity contribution in [3.05, 3.63) is 47.3 Å². The SMILES string of the molecule is S=c1nc(-c2ccco2)[nH]c2ccccc12. The summed E-state index contributed by atoms with van der Waals surface area (Å²) < 4.78 is 5.87. The number of benzene rings is 1. The monoisotopic (exact) mass is 228 g/mol. The van der Waals surface area contributed by atoms with Crippen molar-refractivity contribution in [1.29, 1.82) is 0 Å². The fourth-order valence-electron chi connectivity index (χ4n) is 1.63. The van der Waals surface area contributed by atoms with Crippen molar-refractivity contribution in [2.45, 2.75) is 0 Å². The number of aromatic nitrogens is 2. The molecule has 0 unspecified atom stereocenters. The normalized spacial score (nSPS) is 10.8. The van der Waals surface area contributed by atoms with Crippen LogP contribution in [0.5, 0.6) is 0 Å². The van der Waals surface area contributed by atoms with E-state index < -0.39 is 0 Å². The van der Waals surface area contributed by atoms with Gasteiger partial charge in [0.1, 0.15) is 4.64 Å². The van der Waals surface area contributed by atoms with Gasteiger partial charge in [-0.3, -0.25) is 0 Å². The van der Waals surface area contributed by atoms with E-state index in [9.17, 15) is 0 Å². The zero-order chi connectivity index (χ0) is 11.0. The van der Waals surface area contributed by atoms with E-state index >= 15 is 0 Å². The van der Waals surface area contributed by atoms with Gasteiger partial charge in [0, 0.05) is 5.39 Å². The number of H-pyrrole nitrogens is 1. The van der Waals surface area contributed by atoms with Gasteiger partial charge in [0.15, 0.2) is 11.6 Å². The second-order valence-corrected chi connectivity index (χ2v) is 3.80. The maximum atomic E-state index is 5.28. The predicted molar refractivity (Wildman–Crippen MR) is 64.6 cm³/mol. The summed E-state index contributed by atoms with van der Waals surface area (Å²) in [5.74, 6) is 1.35. The highest BCUT2D eigenvalue weighted by atomic mass is 32.1. The molecule has 16 heavy (non-hydrogen) atoms. The van der Waals surface area contributed by atoms with Crippen LogP contribution in [-0.4, -0.2) is 9.97 Å². The molecule has 0 saturated heterocycles. The smallest absolute Gasteiger partial charge is 0.175 e. The molecule has 0 radical (unpaired) electrons. The molecule has 0 aliphatic carbocycles. The van der Waals surface area contributed by atoms with Crippen LogP contribution in [0.1, 0.15) is 0 Å². The van der Waals surface area contributed by atoms with Gasteiger partial charge in [-0.2, -0.15) is 0 Å². The van der Waals surface area contributed by atoms with Crippen LogP contribution in [-0.2, 0) is 0 Å². The molecule has 3 rings (SSSR count). The summed E-state index contributed by atoms with van der Waals surface area (Å²) in [6.07, 6.45) is 1.61. The van der Waals surface area contributed by atoms with E-state index in [4.69, 9.17) is 16.6 Å². The molecule has 1 N–H and O–H groups in total. The van der Waals surface area contributed by atoms with Gasteiger partial charge in [-0.15, -0.1) is 0 Å². The first-order valence-electron chi connectivity index (χ1n) is 4.87. The highest BCUT2D eigenvalue weighted by molar-refractivity contribution is 7.71. The minimum atomic E-state index is 0.584. The molecule has 0 amide bonds. The molecule has 2 heterocycles. The van der Waals surface area contributed by atoms with Crippen LogP contribution >= 0.6 is 12.2 Å². The predicted octanol–water partition coefficient (Wildman–Crippen LogP) is 3.55. The Morgan fingerprint density at radius 2 is 2.00 bits per heavy atom. The van der Waals surface area contributed by atoms with Gasteiger partial charge in [0.05, 0.1) is 11.8 Å². The third-order valence-electron chi connectivity index (χ3n) is 2.38. The lowest BCUT2D eigenvalue weighted by atomic mass is 10.2. The molecule has 0 saturated carbocycles. The van der Waals surface area contributed by atoms with Crippen LogP contribution in [0.3, 0.4) is 0 Å². The minimum Gasteiger partial charge on any atom is -0.461 e. The lowest BCUT2D eigenvalue weighted by molar-refractivity contribution is 0.577. The summed E-state index contributed by atoms with van der Waals surface area (Å²) in [4.78, 5) is 7.51. The molecule has 2 aromatic heterocycles. The molecule has 1 aromatic carbocycles. The number of nitrogens with one attached hydrogen (secondary N) is 1. The number of furan rings is 1. The molecule has 3 nitrogen and oxygen atoms in total. The van der Waals surface area contributed by atoms with E-state index in [2.05, 4.69) is 9.97 Å². The van der Waals surface area contributed by atoms with Crippen LogP contribution in [0.4, 0.5) is 0 Å². The first-order chi connectivity index (χ1) is 7.84. The Kier molecular flexibility index (Phi) is 2.08. The summed E-state index contributed by atoms with van der Waals surface area (Å²) in [6.45, 7) is 0. The van der Waals surface area contributed by atoms with E-state index in [0.717, 1.165) is 10.9 Å². The van der Waals surface area contributed by atoms with Crippen LogP contribution in [0, 0.1) is 4.64 Å². The molecular formula is C12H8N2OS. The lowest BCUT2D eigenvalue weighted by Gasteiger charge is -2.01. The summed E-state index contributed by atoms with van der Waals surface area (Å²) in [5.41, 5.74) is 0.967. The Morgan fingerprint density at radius 1 is 1.12 bits per heavy atom. The third-order valence-corrected chi connectivity index (χ3v) is 2.69. The van der Waals surface area contributed by atoms with Crippen molar-refractivity contribution >= 4 is 23.1 Å². The maximum absolute atomic E-state index is 5.28. The van der Waals surface area contributed by atoms with Crippen molar-refractivity contribution in [3.8, 4) is 11.6 Å². The molecule has 3 aromatic rings. The van der Waals surface area contributed by atoms with Gasteiger partial charge in [-0.05, 0) is 24.3 Å². The number of rotatable bonds is 1. The summed E-state index contributed by atoms with van der Waals surface area (Å²) in [7, 11) is 0. The fraction of sp³-hybridized carbons (Fsp3) is 0. The van der Waals surface area contributed by atoms with Crippen molar-refractivity contribution in [2.75, 3.05) is 0 Å². The van der Waals surface area contributed by atoms with Gasteiger partial charge in [-0.25, -0.2) is 4.98 Å². The highest BCUT2D eigenvalue weighted by Gasteiger charge is 2.04. The average Bonchev–Trinajstić information content (AvgIpc) is 2.82. The van der Waals surface area contributed by atoms with Crippen LogP contribution < -0.4 is 0 Å². The van der Waals surface area contributed by atoms with Gasteiger partial charge in [-0.1, -0.05) is 24.4 Å². The second-order valence-electron chi connectivity index (χ2n) is 3.41. The number of fused-ring (bicyclic) bond motifs is 1. The number of para-hydroxylation sites is 1.